The Bertz CT molecular complexity index is 3770. The number of carbonyl (C=O) groups excluding carboxylic acids is 6. The van der Waals surface area contributed by atoms with Crippen LogP contribution in [0.1, 0.15) is 190 Å². The average Bonchev–Trinajstić information content (AvgIpc) is 1.75. The van der Waals surface area contributed by atoms with E-state index in [-0.39, 0.29) is 54.7 Å². The Morgan fingerprint density at radius 3 is 0.835 bits per heavy atom. The zero-order chi connectivity index (χ0) is 69.4. The highest BCUT2D eigenvalue weighted by Gasteiger charge is 2.28. The first kappa shape index (κ1) is 71.9. The fourth-order valence-electron chi connectivity index (χ4n) is 13.0. The minimum Gasteiger partial charge on any atom is -0.358 e. The largest absolute Gasteiger partial charge is 0.358 e. The van der Waals surface area contributed by atoms with Crippen LogP contribution in [-0.4, -0.2) is 88.2 Å². The van der Waals surface area contributed by atoms with Crippen molar-refractivity contribution in [3.63, 3.8) is 0 Å². The lowest BCUT2D eigenvalue weighted by Crippen LogP contribution is -2.44. The molecule has 0 aliphatic rings. The standard InChI is InChI=1S/C79H100N12O6/c1-46(2)55-25-34-67-64(40-55)61(49(7)83-67)43-73(92)89-70(16-10-13-37-80)77(95)86-58-28-19-52(20-29-58)76(53-21-30-59(31-22-53)87-78(96)71(17-11-14-38-81)90-74(93)44-62-50(8)84-68-35-26-56(47(3)4)41-65(62)68)54-23-32-60(33-24-54)88-79(97)72(18-12-15-39-82)91-75(94)45-63-51(9)85-69-36-27-57(48(5)6)42-66(63)69/h19-36,40-42,46-48,70-72,76,83-85H,10-18,37-39,43-45,80-82H2,1-9H3,(H,86,95)(H,87,96)(H,88,97)(H,89,92)(H,90,93)(H,91,94)/t70-,71-,72-/m0/s1. The molecule has 6 amide bonds. The molecular weight excluding hydrogens is 1210 g/mol. The van der Waals surface area contributed by atoms with Gasteiger partial charge in [0.2, 0.25) is 35.4 Å². The number of benzene rings is 6. The van der Waals surface area contributed by atoms with Crippen molar-refractivity contribution in [2.24, 2.45) is 17.2 Å². The lowest BCUT2D eigenvalue weighted by Gasteiger charge is -2.22. The molecule has 3 heterocycles. The van der Waals surface area contributed by atoms with Crippen molar-refractivity contribution >= 4 is 85.2 Å². The molecule has 18 nitrogen and oxygen atoms in total. The van der Waals surface area contributed by atoms with Gasteiger partial charge in [-0.3, -0.25) is 28.8 Å². The smallest absolute Gasteiger partial charge is 0.246 e. The first-order valence-electron chi connectivity index (χ1n) is 34.7. The van der Waals surface area contributed by atoms with Gasteiger partial charge in [0.05, 0.1) is 19.3 Å². The molecule has 15 N–H and O–H groups in total. The molecule has 18 heteroatoms. The molecule has 0 bridgehead atoms. The third-order valence-electron chi connectivity index (χ3n) is 18.8. The molecule has 6 aromatic carbocycles. The van der Waals surface area contributed by atoms with Crippen LogP contribution >= 0.6 is 0 Å². The number of nitrogens with two attached hydrogens (primary N) is 3. The van der Waals surface area contributed by atoms with Gasteiger partial charge in [-0.25, -0.2) is 0 Å². The van der Waals surface area contributed by atoms with Crippen LogP contribution in [0.3, 0.4) is 0 Å². The molecule has 0 saturated heterocycles. The summed E-state index contributed by atoms with van der Waals surface area (Å²) in [6.07, 6.45) is 5.49. The number of hydrogen-bond donors (Lipinski definition) is 12. The third kappa shape index (κ3) is 18.6. The minimum atomic E-state index is -0.822. The van der Waals surface area contributed by atoms with Crippen molar-refractivity contribution in [1.82, 2.24) is 30.9 Å². The molecule has 3 atom stereocenters. The number of H-pyrrole nitrogens is 3. The highest BCUT2D eigenvalue weighted by Crippen LogP contribution is 2.36. The summed E-state index contributed by atoms with van der Waals surface area (Å²) in [5.74, 6) is -1.28. The van der Waals surface area contributed by atoms with Crippen LogP contribution in [0.25, 0.3) is 32.7 Å². The average molecular weight is 1310 g/mol. The molecule has 9 rings (SSSR count). The fourth-order valence-corrected chi connectivity index (χ4v) is 13.0. The van der Waals surface area contributed by atoms with E-state index in [0.29, 0.717) is 112 Å². The fraction of sp³-hybridized carbons (Fsp3) is 0.392. The van der Waals surface area contributed by atoms with Gasteiger partial charge in [-0.1, -0.05) is 96.1 Å². The van der Waals surface area contributed by atoms with Gasteiger partial charge in [0.25, 0.3) is 0 Å². The number of aromatic nitrogens is 3. The van der Waals surface area contributed by atoms with Crippen LogP contribution in [0.15, 0.2) is 127 Å². The number of nitrogens with one attached hydrogen (secondary N) is 9. The van der Waals surface area contributed by atoms with E-state index in [1.807, 2.05) is 93.6 Å². The zero-order valence-corrected chi connectivity index (χ0v) is 58.0. The Kier molecular flexibility index (Phi) is 24.9. The van der Waals surface area contributed by atoms with Crippen molar-refractivity contribution in [3.05, 3.63) is 195 Å². The number of anilines is 3. The van der Waals surface area contributed by atoms with Crippen LogP contribution in [0, 0.1) is 20.8 Å². The second-order valence-electron chi connectivity index (χ2n) is 27.1. The van der Waals surface area contributed by atoms with Crippen LogP contribution in [0.5, 0.6) is 0 Å². The maximum atomic E-state index is 14.3. The van der Waals surface area contributed by atoms with Gasteiger partial charge in [0, 0.05) is 72.8 Å². The summed E-state index contributed by atoms with van der Waals surface area (Å²) in [7, 11) is 0. The third-order valence-corrected chi connectivity index (χ3v) is 18.8. The van der Waals surface area contributed by atoms with Gasteiger partial charge < -0.3 is 64.1 Å². The van der Waals surface area contributed by atoms with Crippen molar-refractivity contribution in [1.29, 1.82) is 0 Å². The van der Waals surface area contributed by atoms with Crippen LogP contribution in [-0.2, 0) is 48.0 Å². The highest BCUT2D eigenvalue weighted by molar-refractivity contribution is 6.01. The van der Waals surface area contributed by atoms with E-state index in [2.05, 4.69) is 143 Å². The first-order chi connectivity index (χ1) is 46.6. The second-order valence-corrected chi connectivity index (χ2v) is 27.1. The summed E-state index contributed by atoms with van der Waals surface area (Å²) in [6, 6.07) is 39.1. The van der Waals surface area contributed by atoms with E-state index in [1.54, 1.807) is 0 Å². The molecule has 97 heavy (non-hydrogen) atoms. The highest BCUT2D eigenvalue weighted by atomic mass is 16.2. The molecule has 0 radical (unpaired) electrons. The monoisotopic (exact) mass is 1310 g/mol. The van der Waals surface area contributed by atoms with Crippen LogP contribution < -0.4 is 49.1 Å². The Morgan fingerprint density at radius 2 is 0.598 bits per heavy atom. The Balaban J connectivity index is 0.947. The van der Waals surface area contributed by atoms with Gasteiger partial charge in [0.15, 0.2) is 0 Å². The summed E-state index contributed by atoms with van der Waals surface area (Å²) >= 11 is 0. The van der Waals surface area contributed by atoms with Crippen molar-refractivity contribution < 1.29 is 28.8 Å². The van der Waals surface area contributed by atoms with Crippen molar-refractivity contribution in [3.8, 4) is 0 Å². The Labute approximate surface area is 570 Å². The van der Waals surface area contributed by atoms with E-state index in [4.69, 9.17) is 17.2 Å². The molecule has 0 spiro atoms. The van der Waals surface area contributed by atoms with Gasteiger partial charge in [-0.15, -0.1) is 0 Å². The van der Waals surface area contributed by atoms with E-state index < -0.39 is 24.0 Å². The van der Waals surface area contributed by atoms with Crippen LogP contribution in [0.2, 0.25) is 0 Å². The second kappa shape index (κ2) is 33.5. The molecular formula is C79H100N12O6. The summed E-state index contributed by atoms with van der Waals surface area (Å²) in [6.45, 7) is 20.1. The number of rotatable bonds is 33. The molecule has 0 unspecified atom stereocenters. The number of carbonyl (C=O) groups is 6. The molecule has 0 fully saturated rings. The predicted molar refractivity (Wildman–Crippen MR) is 393 cm³/mol. The number of amides is 6. The maximum absolute atomic E-state index is 14.3. The molecule has 0 aliphatic carbocycles. The number of fused-ring (bicyclic) bond motifs is 3. The number of aryl methyl sites for hydroxylation is 3. The zero-order valence-electron chi connectivity index (χ0n) is 58.0. The van der Waals surface area contributed by atoms with E-state index in [9.17, 15) is 28.8 Å². The van der Waals surface area contributed by atoms with E-state index in [1.165, 1.54) is 16.7 Å². The maximum Gasteiger partial charge on any atom is 0.246 e. The van der Waals surface area contributed by atoms with Crippen LogP contribution in [0.4, 0.5) is 17.1 Å². The summed E-state index contributed by atoms with van der Waals surface area (Å²) in [5.41, 5.74) is 33.7. The quantitative estimate of drug-likeness (QED) is 0.0137. The summed E-state index contributed by atoms with van der Waals surface area (Å²) in [4.78, 5) is 94.8. The molecule has 9 aromatic rings. The normalized spacial score (nSPS) is 12.6. The SMILES string of the molecule is Cc1[nH]c2ccc(C(C)C)cc2c1CC(=O)N[C@@H](CCCCN)C(=O)Nc1ccc(C(c2ccc(NC(=O)[C@H](CCCCN)NC(=O)Cc3c(C)[nH]c4ccc(C(C)C)cc34)cc2)c2ccc(NC(=O)[C@H](CCCCN)NC(=O)Cc3c(C)[nH]c4ccc(C(C)C)cc34)cc2)cc1. The summed E-state index contributed by atoms with van der Waals surface area (Å²) in [5, 5.41) is 21.4. The van der Waals surface area contributed by atoms with Gasteiger partial charge in [-0.05, 0) is 239 Å². The lowest BCUT2D eigenvalue weighted by atomic mass is 9.85. The van der Waals surface area contributed by atoms with Crippen molar-refractivity contribution in [2.75, 3.05) is 35.6 Å². The Morgan fingerprint density at radius 1 is 0.351 bits per heavy atom. The van der Waals surface area contributed by atoms with Gasteiger partial charge in [-0.2, -0.15) is 0 Å². The number of hydrogen-bond acceptors (Lipinski definition) is 9. The number of aromatic amines is 3. The van der Waals surface area contributed by atoms with E-state index >= 15 is 0 Å². The molecule has 0 saturated carbocycles. The molecule has 3 aromatic heterocycles. The molecule has 0 aliphatic heterocycles. The molecule has 512 valence electrons. The summed E-state index contributed by atoms with van der Waals surface area (Å²) < 4.78 is 0. The topological polar surface area (TPSA) is 300 Å². The lowest BCUT2D eigenvalue weighted by molar-refractivity contribution is -0.126. The number of unbranched alkanes of at least 4 members (excludes halogenated alkanes) is 3. The first-order valence-corrected chi connectivity index (χ1v) is 34.7. The van der Waals surface area contributed by atoms with Gasteiger partial charge in [0.1, 0.15) is 18.1 Å². The minimum absolute atomic E-state index is 0.102. The Hall–Kier alpha value is -9.36. The van der Waals surface area contributed by atoms with Gasteiger partial charge >= 0.3 is 0 Å². The van der Waals surface area contributed by atoms with Crippen molar-refractivity contribution in [2.45, 2.75) is 181 Å². The van der Waals surface area contributed by atoms with E-state index in [0.717, 1.165) is 83.2 Å². The predicted octanol–water partition coefficient (Wildman–Crippen LogP) is 13.0.